The van der Waals surface area contributed by atoms with Gasteiger partial charge in [0, 0.05) is 21.2 Å². The van der Waals surface area contributed by atoms with Gasteiger partial charge in [-0.3, -0.25) is 4.79 Å². The molecule has 0 radical (unpaired) electrons. The molecule has 21 heavy (non-hydrogen) atoms. The van der Waals surface area contributed by atoms with Crippen LogP contribution in [0.4, 0.5) is 5.69 Å². The molecule has 3 N–H and O–H groups in total. The Labute approximate surface area is 134 Å². The van der Waals surface area contributed by atoms with Gasteiger partial charge in [0.2, 0.25) is 0 Å². The fourth-order valence-electron chi connectivity index (χ4n) is 2.02. The first-order chi connectivity index (χ1) is 10.1. The minimum absolute atomic E-state index is 0.197. The number of aryl methyl sites for hydroxylation is 1. The number of carbonyl (C=O) groups is 1. The standard InChI is InChI=1S/C14H12ClN3OS2/c1-7-5-17-10(20-7)6-18-14(19)13-12(16)11-8(15)3-2-4-9(11)21-13/h2-5H,6,16H2,1H3,(H,18,19). The minimum Gasteiger partial charge on any atom is -0.397 e. The van der Waals surface area contributed by atoms with Crippen LogP contribution in [0.1, 0.15) is 19.6 Å². The van der Waals surface area contributed by atoms with Gasteiger partial charge in [-0.15, -0.1) is 22.7 Å². The molecule has 7 heteroatoms. The molecule has 3 aromatic rings. The maximum Gasteiger partial charge on any atom is 0.263 e. The third-order valence-corrected chi connectivity index (χ3v) is 5.37. The largest absolute Gasteiger partial charge is 0.397 e. The Morgan fingerprint density at radius 2 is 2.24 bits per heavy atom. The van der Waals surface area contributed by atoms with E-state index in [1.54, 1.807) is 23.6 Å². The molecule has 0 aliphatic heterocycles. The first-order valence-electron chi connectivity index (χ1n) is 6.22. The molecular formula is C14H12ClN3OS2. The van der Waals surface area contributed by atoms with E-state index in [0.29, 0.717) is 22.1 Å². The van der Waals surface area contributed by atoms with Crippen LogP contribution in [0.5, 0.6) is 0 Å². The molecule has 2 heterocycles. The molecule has 0 bridgehead atoms. The number of carbonyl (C=O) groups excluding carboxylic acids is 1. The summed E-state index contributed by atoms with van der Waals surface area (Å²) in [6.45, 7) is 2.38. The van der Waals surface area contributed by atoms with Gasteiger partial charge in [0.15, 0.2) is 0 Å². The minimum atomic E-state index is -0.197. The van der Waals surface area contributed by atoms with Crippen LogP contribution in [-0.4, -0.2) is 10.9 Å². The number of fused-ring (bicyclic) bond motifs is 1. The summed E-state index contributed by atoms with van der Waals surface area (Å²) in [5.74, 6) is -0.197. The monoisotopic (exact) mass is 337 g/mol. The first-order valence-corrected chi connectivity index (χ1v) is 8.23. The van der Waals surface area contributed by atoms with Gasteiger partial charge in [-0.2, -0.15) is 0 Å². The molecule has 0 saturated carbocycles. The van der Waals surface area contributed by atoms with E-state index >= 15 is 0 Å². The Bertz CT molecular complexity index is 825. The molecule has 0 aliphatic rings. The van der Waals surface area contributed by atoms with Crippen molar-refractivity contribution in [2.75, 3.05) is 5.73 Å². The lowest BCUT2D eigenvalue weighted by atomic mass is 10.2. The second kappa shape index (κ2) is 5.63. The Hall–Kier alpha value is -1.63. The van der Waals surface area contributed by atoms with Crippen molar-refractivity contribution in [2.45, 2.75) is 13.5 Å². The predicted octanol–water partition coefficient (Wildman–Crippen LogP) is 3.83. The van der Waals surface area contributed by atoms with Crippen molar-refractivity contribution in [1.29, 1.82) is 0 Å². The van der Waals surface area contributed by atoms with E-state index in [4.69, 9.17) is 17.3 Å². The molecule has 0 aliphatic carbocycles. The van der Waals surface area contributed by atoms with Crippen LogP contribution in [0.2, 0.25) is 5.02 Å². The summed E-state index contributed by atoms with van der Waals surface area (Å²) in [4.78, 5) is 18.1. The van der Waals surface area contributed by atoms with Gasteiger partial charge in [-0.25, -0.2) is 4.98 Å². The average Bonchev–Trinajstić information content (AvgIpc) is 3.01. The molecule has 0 atom stereocenters. The number of anilines is 1. The third kappa shape index (κ3) is 2.74. The molecule has 3 rings (SSSR count). The van der Waals surface area contributed by atoms with Gasteiger partial charge in [0.05, 0.1) is 17.3 Å². The highest BCUT2D eigenvalue weighted by molar-refractivity contribution is 7.21. The zero-order valence-electron chi connectivity index (χ0n) is 11.1. The lowest BCUT2D eigenvalue weighted by Gasteiger charge is -2.02. The molecule has 0 fully saturated rings. The highest BCUT2D eigenvalue weighted by Gasteiger charge is 2.18. The highest BCUT2D eigenvalue weighted by Crippen LogP contribution is 2.37. The van der Waals surface area contributed by atoms with Crippen LogP contribution in [0.15, 0.2) is 24.4 Å². The number of benzene rings is 1. The number of hydrogen-bond donors (Lipinski definition) is 2. The SMILES string of the molecule is Cc1cnc(CNC(=O)c2sc3cccc(Cl)c3c2N)s1. The molecule has 1 aromatic carbocycles. The molecular weight excluding hydrogens is 326 g/mol. The van der Waals surface area contributed by atoms with Crippen LogP contribution in [-0.2, 0) is 6.54 Å². The number of halogens is 1. The van der Waals surface area contributed by atoms with Gasteiger partial charge in [-0.1, -0.05) is 17.7 Å². The van der Waals surface area contributed by atoms with Crippen LogP contribution in [0, 0.1) is 6.92 Å². The van der Waals surface area contributed by atoms with Gasteiger partial charge >= 0.3 is 0 Å². The summed E-state index contributed by atoms with van der Waals surface area (Å²) in [6.07, 6.45) is 1.79. The van der Waals surface area contributed by atoms with Crippen LogP contribution >= 0.6 is 34.3 Å². The van der Waals surface area contributed by atoms with Gasteiger partial charge < -0.3 is 11.1 Å². The van der Waals surface area contributed by atoms with Crippen LogP contribution in [0.25, 0.3) is 10.1 Å². The van der Waals surface area contributed by atoms with E-state index in [1.807, 2.05) is 19.1 Å². The maximum absolute atomic E-state index is 12.3. The Balaban J connectivity index is 1.84. The molecule has 0 saturated heterocycles. The fourth-order valence-corrected chi connectivity index (χ4v) is 4.14. The number of nitrogen functional groups attached to an aromatic ring is 1. The Morgan fingerprint density at radius 1 is 1.43 bits per heavy atom. The predicted molar refractivity (Wildman–Crippen MR) is 89.3 cm³/mol. The molecule has 4 nitrogen and oxygen atoms in total. The van der Waals surface area contributed by atoms with E-state index in [1.165, 1.54) is 11.3 Å². The lowest BCUT2D eigenvalue weighted by molar-refractivity contribution is 0.0956. The number of nitrogens with one attached hydrogen (secondary N) is 1. The Morgan fingerprint density at radius 3 is 2.90 bits per heavy atom. The molecule has 0 unspecified atom stereocenters. The first kappa shape index (κ1) is 14.3. The number of thiazole rings is 1. The second-order valence-corrected chi connectivity index (χ2v) is 7.28. The summed E-state index contributed by atoms with van der Waals surface area (Å²) < 4.78 is 0.912. The number of hydrogen-bond acceptors (Lipinski definition) is 5. The number of rotatable bonds is 3. The van der Waals surface area contributed by atoms with E-state index < -0.39 is 0 Å². The fraction of sp³-hybridized carbons (Fsp3) is 0.143. The van der Waals surface area contributed by atoms with Crippen molar-refractivity contribution in [3.63, 3.8) is 0 Å². The zero-order valence-corrected chi connectivity index (χ0v) is 13.5. The summed E-state index contributed by atoms with van der Waals surface area (Å²) in [5.41, 5.74) is 6.50. The van der Waals surface area contributed by atoms with E-state index in [2.05, 4.69) is 10.3 Å². The van der Waals surface area contributed by atoms with Gasteiger partial charge in [0.1, 0.15) is 9.88 Å². The summed E-state index contributed by atoms with van der Waals surface area (Å²) in [6, 6.07) is 5.52. The zero-order chi connectivity index (χ0) is 15.0. The number of nitrogens with zero attached hydrogens (tertiary/aromatic N) is 1. The average molecular weight is 338 g/mol. The lowest BCUT2D eigenvalue weighted by Crippen LogP contribution is -2.22. The molecule has 1 amide bonds. The molecule has 108 valence electrons. The Kier molecular flexibility index (Phi) is 3.84. The summed E-state index contributed by atoms with van der Waals surface area (Å²) >= 11 is 9.05. The topological polar surface area (TPSA) is 68.0 Å². The quantitative estimate of drug-likeness (QED) is 0.763. The second-order valence-electron chi connectivity index (χ2n) is 4.51. The van der Waals surface area contributed by atoms with Crippen molar-refractivity contribution < 1.29 is 4.79 Å². The number of amides is 1. The smallest absolute Gasteiger partial charge is 0.263 e. The summed E-state index contributed by atoms with van der Waals surface area (Å²) in [7, 11) is 0. The van der Waals surface area contributed by atoms with Crippen LogP contribution in [0.3, 0.4) is 0 Å². The van der Waals surface area contributed by atoms with Crippen molar-refractivity contribution in [1.82, 2.24) is 10.3 Å². The number of thiophene rings is 1. The van der Waals surface area contributed by atoms with Crippen molar-refractivity contribution in [3.05, 3.63) is 44.2 Å². The van der Waals surface area contributed by atoms with Crippen molar-refractivity contribution >= 4 is 56.0 Å². The van der Waals surface area contributed by atoms with E-state index in [-0.39, 0.29) is 5.91 Å². The number of nitrogens with two attached hydrogens (primary N) is 1. The summed E-state index contributed by atoms with van der Waals surface area (Å²) in [5, 5.41) is 5.03. The maximum atomic E-state index is 12.3. The van der Waals surface area contributed by atoms with Gasteiger partial charge in [0.25, 0.3) is 5.91 Å². The molecule has 0 spiro atoms. The van der Waals surface area contributed by atoms with Crippen molar-refractivity contribution in [3.8, 4) is 0 Å². The molecule has 2 aromatic heterocycles. The highest BCUT2D eigenvalue weighted by atomic mass is 35.5. The third-order valence-electron chi connectivity index (χ3n) is 2.98. The van der Waals surface area contributed by atoms with E-state index in [9.17, 15) is 4.79 Å². The number of aromatic nitrogens is 1. The van der Waals surface area contributed by atoms with Crippen LogP contribution < -0.4 is 11.1 Å². The normalized spacial score (nSPS) is 11.0. The van der Waals surface area contributed by atoms with E-state index in [0.717, 1.165) is 20.0 Å². The van der Waals surface area contributed by atoms with Gasteiger partial charge in [-0.05, 0) is 19.1 Å². The van der Waals surface area contributed by atoms with Crippen molar-refractivity contribution in [2.24, 2.45) is 0 Å².